The Bertz CT molecular complexity index is 596. The fraction of sp³-hybridized carbons (Fsp3) is 0.800. The molecule has 0 aliphatic carbocycles. The van der Waals surface area contributed by atoms with Crippen LogP contribution in [-0.4, -0.2) is 52.7 Å². The number of ether oxygens (including phenoxy) is 1. The van der Waals surface area contributed by atoms with E-state index in [-0.39, 0.29) is 17.8 Å². The van der Waals surface area contributed by atoms with E-state index in [0.29, 0.717) is 0 Å². The van der Waals surface area contributed by atoms with Crippen molar-refractivity contribution in [1.29, 1.82) is 0 Å². The first-order valence-electron chi connectivity index (χ1n) is 9.89. The van der Waals surface area contributed by atoms with Crippen LogP contribution >= 0.6 is 0 Å². The predicted molar refractivity (Wildman–Crippen MR) is 109 cm³/mol. The molecule has 4 N–H and O–H groups in total. The summed E-state index contributed by atoms with van der Waals surface area (Å²) in [5, 5.41) is 16.9. The van der Waals surface area contributed by atoms with Crippen LogP contribution in [0, 0.1) is 17.8 Å². The van der Waals surface area contributed by atoms with Crippen molar-refractivity contribution in [3.8, 4) is 0 Å². The quantitative estimate of drug-likeness (QED) is 0.454. The number of carboxylic acid groups (broad SMARTS) is 1. The first-order chi connectivity index (χ1) is 13.1. The Morgan fingerprint density at radius 1 is 0.690 bits per heavy atom. The number of hydrogen-bond acceptors (Lipinski definition) is 5. The molecule has 0 bridgehead atoms. The lowest BCUT2D eigenvalue weighted by Gasteiger charge is -2.29. The summed E-state index contributed by atoms with van der Waals surface area (Å²) in [7, 11) is 0. The third-order valence-electron chi connectivity index (χ3n) is 4.10. The number of alkyl carbamates (subject to hydrolysis) is 1. The van der Waals surface area contributed by atoms with Crippen LogP contribution < -0.4 is 16.0 Å². The minimum atomic E-state index is -1.14. The molecule has 0 rings (SSSR count). The zero-order valence-corrected chi connectivity index (χ0v) is 19.0. The normalized spacial score (nSPS) is 14.9. The maximum atomic E-state index is 12.8. The maximum Gasteiger partial charge on any atom is 0.408 e. The number of nitrogens with one attached hydrogen (secondary N) is 3. The Balaban J connectivity index is 5.32. The van der Waals surface area contributed by atoms with Gasteiger partial charge < -0.3 is 25.8 Å². The highest BCUT2D eigenvalue weighted by molar-refractivity contribution is 5.93. The van der Waals surface area contributed by atoms with Crippen molar-refractivity contribution in [2.24, 2.45) is 17.8 Å². The van der Waals surface area contributed by atoms with E-state index in [2.05, 4.69) is 16.0 Å². The summed E-state index contributed by atoms with van der Waals surface area (Å²) in [5.41, 5.74) is -0.717. The summed E-state index contributed by atoms with van der Waals surface area (Å²) in [6.07, 6.45) is -0.734. The predicted octanol–water partition coefficient (Wildman–Crippen LogP) is 1.90. The van der Waals surface area contributed by atoms with Gasteiger partial charge in [-0.1, -0.05) is 41.5 Å². The lowest BCUT2D eigenvalue weighted by atomic mass is 9.98. The highest BCUT2D eigenvalue weighted by atomic mass is 16.6. The van der Waals surface area contributed by atoms with Gasteiger partial charge in [-0.2, -0.15) is 0 Å². The van der Waals surface area contributed by atoms with Gasteiger partial charge in [0.05, 0.1) is 0 Å². The molecule has 3 atom stereocenters. The SMILES string of the molecule is CC(C)C(NC(=O)C(NC(=O)C(NC(=O)OC(C)(C)C)C(C)C)C(C)C)C(=O)O. The first kappa shape index (κ1) is 26.7. The third kappa shape index (κ3) is 9.62. The molecule has 29 heavy (non-hydrogen) atoms. The van der Waals surface area contributed by atoms with E-state index in [1.165, 1.54) is 0 Å². The minimum Gasteiger partial charge on any atom is -0.480 e. The van der Waals surface area contributed by atoms with Crippen LogP contribution in [0.15, 0.2) is 0 Å². The summed E-state index contributed by atoms with van der Waals surface area (Å²) >= 11 is 0. The molecule has 168 valence electrons. The molecule has 0 aromatic rings. The highest BCUT2D eigenvalue weighted by Gasteiger charge is 2.33. The zero-order valence-electron chi connectivity index (χ0n) is 19.0. The molecule has 9 heteroatoms. The van der Waals surface area contributed by atoms with E-state index in [0.717, 1.165) is 0 Å². The van der Waals surface area contributed by atoms with Crippen LogP contribution in [0.1, 0.15) is 62.3 Å². The second-order valence-corrected chi connectivity index (χ2v) is 9.17. The van der Waals surface area contributed by atoms with Crippen LogP contribution in [0.2, 0.25) is 0 Å². The van der Waals surface area contributed by atoms with Gasteiger partial charge in [0.15, 0.2) is 0 Å². The van der Waals surface area contributed by atoms with Gasteiger partial charge in [0.1, 0.15) is 23.7 Å². The largest absolute Gasteiger partial charge is 0.480 e. The Morgan fingerprint density at radius 3 is 1.34 bits per heavy atom. The smallest absolute Gasteiger partial charge is 0.408 e. The monoisotopic (exact) mass is 415 g/mol. The molecule has 0 heterocycles. The first-order valence-corrected chi connectivity index (χ1v) is 9.89. The number of carbonyl (C=O) groups is 4. The van der Waals surface area contributed by atoms with Crippen LogP contribution in [0.3, 0.4) is 0 Å². The molecule has 3 amide bonds. The second kappa shape index (κ2) is 11.0. The van der Waals surface area contributed by atoms with Crippen molar-refractivity contribution in [3.05, 3.63) is 0 Å². The second-order valence-electron chi connectivity index (χ2n) is 9.17. The van der Waals surface area contributed by atoms with Crippen molar-refractivity contribution in [3.63, 3.8) is 0 Å². The summed E-state index contributed by atoms with van der Waals surface area (Å²) in [4.78, 5) is 48.9. The molecule has 0 spiro atoms. The van der Waals surface area contributed by atoms with Crippen LogP contribution in [0.4, 0.5) is 4.79 Å². The van der Waals surface area contributed by atoms with E-state index < -0.39 is 47.6 Å². The Labute approximate surface area is 173 Å². The summed E-state index contributed by atoms with van der Waals surface area (Å²) < 4.78 is 5.20. The molecule has 0 fully saturated rings. The molecule has 0 saturated carbocycles. The van der Waals surface area contributed by atoms with Crippen molar-refractivity contribution >= 4 is 23.9 Å². The fourth-order valence-electron chi connectivity index (χ4n) is 2.50. The Kier molecular flexibility index (Phi) is 10.1. The average Bonchev–Trinajstić information content (AvgIpc) is 2.51. The number of carbonyl (C=O) groups excluding carboxylic acids is 3. The molecular weight excluding hydrogens is 378 g/mol. The van der Waals surface area contributed by atoms with Crippen molar-refractivity contribution in [2.75, 3.05) is 0 Å². The molecule has 0 aromatic heterocycles. The van der Waals surface area contributed by atoms with Gasteiger partial charge >= 0.3 is 12.1 Å². The van der Waals surface area contributed by atoms with Gasteiger partial charge in [-0.05, 0) is 38.5 Å². The van der Waals surface area contributed by atoms with Crippen LogP contribution in [-0.2, 0) is 19.1 Å². The molecule has 0 aliphatic heterocycles. The molecule has 9 nitrogen and oxygen atoms in total. The molecule has 3 unspecified atom stereocenters. The topological polar surface area (TPSA) is 134 Å². The van der Waals surface area contributed by atoms with Crippen LogP contribution in [0.5, 0.6) is 0 Å². The van der Waals surface area contributed by atoms with Gasteiger partial charge in [0.2, 0.25) is 11.8 Å². The Hall–Kier alpha value is -2.32. The summed E-state index contributed by atoms with van der Waals surface area (Å²) in [6, 6.07) is -2.94. The van der Waals surface area contributed by atoms with E-state index >= 15 is 0 Å². The molecular formula is C20H37N3O6. The highest BCUT2D eigenvalue weighted by Crippen LogP contribution is 2.11. The zero-order chi connectivity index (χ0) is 23.1. The van der Waals surface area contributed by atoms with Crippen molar-refractivity contribution in [2.45, 2.75) is 86.0 Å². The van der Waals surface area contributed by atoms with E-state index in [9.17, 15) is 24.3 Å². The lowest BCUT2D eigenvalue weighted by Crippen LogP contribution is -2.59. The number of aliphatic carboxylic acids is 1. The molecule has 0 aromatic carbocycles. The number of amides is 3. The standard InChI is InChI=1S/C20H37N3O6/c1-10(2)13(16(24)22-15(12(5)6)18(26)27)21-17(25)14(11(3)4)23-19(28)29-20(7,8)9/h10-15H,1-9H3,(H,21,25)(H,22,24)(H,23,28)(H,26,27). The van der Waals surface area contributed by atoms with Gasteiger partial charge in [-0.25, -0.2) is 9.59 Å². The number of hydrogen-bond donors (Lipinski definition) is 4. The van der Waals surface area contributed by atoms with Crippen molar-refractivity contribution < 1.29 is 29.0 Å². The summed E-state index contributed by atoms with van der Waals surface area (Å²) in [5.74, 6) is -3.16. The fourth-order valence-corrected chi connectivity index (χ4v) is 2.50. The third-order valence-corrected chi connectivity index (χ3v) is 4.10. The maximum absolute atomic E-state index is 12.8. The number of rotatable bonds is 9. The van der Waals surface area contributed by atoms with E-state index in [4.69, 9.17) is 4.74 Å². The van der Waals surface area contributed by atoms with Gasteiger partial charge in [-0.3, -0.25) is 9.59 Å². The lowest BCUT2D eigenvalue weighted by molar-refractivity contribution is -0.143. The van der Waals surface area contributed by atoms with E-state index in [1.54, 1.807) is 62.3 Å². The van der Waals surface area contributed by atoms with Crippen molar-refractivity contribution in [1.82, 2.24) is 16.0 Å². The van der Waals surface area contributed by atoms with Gasteiger partial charge in [-0.15, -0.1) is 0 Å². The van der Waals surface area contributed by atoms with Gasteiger partial charge in [0, 0.05) is 0 Å². The molecule has 0 saturated heterocycles. The molecule has 0 aliphatic rings. The number of carboxylic acids is 1. The Morgan fingerprint density at radius 2 is 1.03 bits per heavy atom. The minimum absolute atomic E-state index is 0.263. The van der Waals surface area contributed by atoms with Gasteiger partial charge in [0.25, 0.3) is 0 Å². The van der Waals surface area contributed by atoms with E-state index in [1.807, 2.05) is 0 Å². The van der Waals surface area contributed by atoms with Crippen LogP contribution in [0.25, 0.3) is 0 Å². The summed E-state index contributed by atoms with van der Waals surface area (Å²) in [6.45, 7) is 15.5. The average molecular weight is 416 g/mol. The molecule has 0 radical (unpaired) electrons.